The van der Waals surface area contributed by atoms with Gasteiger partial charge in [-0.15, -0.1) is 0 Å². The van der Waals surface area contributed by atoms with E-state index in [1.807, 2.05) is 24.3 Å². The Hall–Kier alpha value is -2.33. The normalized spacial score (nSPS) is 10.4. The van der Waals surface area contributed by atoms with E-state index < -0.39 is 0 Å². The highest BCUT2D eigenvalue weighted by molar-refractivity contribution is 5.76. The molecule has 128 valence electrons. The number of carbonyl (C=O) groups excluding carboxylic acids is 1. The van der Waals surface area contributed by atoms with Crippen LogP contribution in [0.3, 0.4) is 0 Å². The minimum absolute atomic E-state index is 0.0784. The molecule has 0 spiro atoms. The number of hydrogen-bond acceptors (Lipinski definition) is 3. The molecule has 0 heterocycles. The number of amides is 1. The van der Waals surface area contributed by atoms with Crippen LogP contribution in [0.2, 0.25) is 0 Å². The van der Waals surface area contributed by atoms with Crippen molar-refractivity contribution in [1.82, 2.24) is 10.6 Å². The highest BCUT2D eigenvalue weighted by Gasteiger charge is 2.02. The first-order valence-corrected chi connectivity index (χ1v) is 8.33. The van der Waals surface area contributed by atoms with E-state index in [-0.39, 0.29) is 5.91 Å². The zero-order chi connectivity index (χ0) is 17.2. The molecule has 0 radical (unpaired) electrons. The fourth-order valence-electron chi connectivity index (χ4n) is 2.52. The van der Waals surface area contributed by atoms with Gasteiger partial charge in [0.2, 0.25) is 5.91 Å². The lowest BCUT2D eigenvalue weighted by molar-refractivity contribution is -0.120. The predicted octanol–water partition coefficient (Wildman–Crippen LogP) is 2.84. The summed E-state index contributed by atoms with van der Waals surface area (Å²) in [4.78, 5) is 11.8. The minimum Gasteiger partial charge on any atom is -0.497 e. The van der Waals surface area contributed by atoms with Crippen LogP contribution in [0.5, 0.6) is 5.75 Å². The van der Waals surface area contributed by atoms with E-state index in [9.17, 15) is 4.79 Å². The Bertz CT molecular complexity index is 656. The number of nitrogens with one attached hydrogen (secondary N) is 2. The molecule has 0 unspecified atom stereocenters. The smallest absolute Gasteiger partial charge is 0.221 e. The van der Waals surface area contributed by atoms with Gasteiger partial charge in [-0.1, -0.05) is 42.0 Å². The maximum Gasteiger partial charge on any atom is 0.221 e. The van der Waals surface area contributed by atoms with Crippen LogP contribution in [0.25, 0.3) is 0 Å². The van der Waals surface area contributed by atoms with Crippen molar-refractivity contribution in [2.24, 2.45) is 0 Å². The standard InChI is InChI=1S/C20H26N2O2/c1-16-5-3-7-18(13-16)15-21-11-10-20(23)22-12-9-17-6-4-8-19(14-17)24-2/h3-8,13-14,21H,9-12,15H2,1-2H3,(H,22,23). The van der Waals surface area contributed by atoms with Gasteiger partial charge in [0.25, 0.3) is 0 Å². The van der Waals surface area contributed by atoms with E-state index in [1.165, 1.54) is 11.1 Å². The molecule has 0 aliphatic heterocycles. The molecule has 0 atom stereocenters. The van der Waals surface area contributed by atoms with Gasteiger partial charge in [0, 0.05) is 26.1 Å². The Balaban J connectivity index is 1.59. The molecule has 4 heteroatoms. The molecule has 0 bridgehead atoms. The quantitative estimate of drug-likeness (QED) is 0.697. The first-order chi connectivity index (χ1) is 11.7. The summed E-state index contributed by atoms with van der Waals surface area (Å²) in [5.74, 6) is 0.925. The van der Waals surface area contributed by atoms with Gasteiger partial charge in [-0.3, -0.25) is 4.79 Å². The first kappa shape index (κ1) is 18.0. The van der Waals surface area contributed by atoms with Crippen molar-refractivity contribution in [3.8, 4) is 5.75 Å². The third-order valence-electron chi connectivity index (χ3n) is 3.81. The summed E-state index contributed by atoms with van der Waals surface area (Å²) in [6.45, 7) is 4.20. The van der Waals surface area contributed by atoms with Crippen LogP contribution in [0.15, 0.2) is 48.5 Å². The monoisotopic (exact) mass is 326 g/mol. The van der Waals surface area contributed by atoms with E-state index in [0.29, 0.717) is 19.5 Å². The van der Waals surface area contributed by atoms with Crippen molar-refractivity contribution in [3.63, 3.8) is 0 Å². The van der Waals surface area contributed by atoms with Crippen molar-refractivity contribution in [3.05, 3.63) is 65.2 Å². The molecular formula is C20H26N2O2. The summed E-state index contributed by atoms with van der Waals surface area (Å²) in [6, 6.07) is 16.3. The molecule has 4 nitrogen and oxygen atoms in total. The number of benzene rings is 2. The summed E-state index contributed by atoms with van der Waals surface area (Å²) in [5.41, 5.74) is 3.66. The molecule has 0 fully saturated rings. The number of carbonyl (C=O) groups is 1. The van der Waals surface area contributed by atoms with Crippen LogP contribution >= 0.6 is 0 Å². The zero-order valence-electron chi connectivity index (χ0n) is 14.5. The summed E-state index contributed by atoms with van der Waals surface area (Å²) in [5, 5.41) is 6.26. The molecule has 2 rings (SSSR count). The number of hydrogen-bond donors (Lipinski definition) is 2. The van der Waals surface area contributed by atoms with E-state index in [4.69, 9.17) is 4.74 Å². The van der Waals surface area contributed by atoms with Gasteiger partial charge < -0.3 is 15.4 Å². The SMILES string of the molecule is COc1cccc(CCNC(=O)CCNCc2cccc(C)c2)c1. The van der Waals surface area contributed by atoms with Gasteiger partial charge in [0.1, 0.15) is 5.75 Å². The second-order valence-corrected chi connectivity index (χ2v) is 5.87. The highest BCUT2D eigenvalue weighted by Crippen LogP contribution is 2.12. The van der Waals surface area contributed by atoms with E-state index in [0.717, 1.165) is 24.3 Å². The van der Waals surface area contributed by atoms with Crippen molar-refractivity contribution in [2.75, 3.05) is 20.2 Å². The molecule has 24 heavy (non-hydrogen) atoms. The van der Waals surface area contributed by atoms with Crippen LogP contribution in [0, 0.1) is 6.92 Å². The molecule has 2 aromatic carbocycles. The van der Waals surface area contributed by atoms with Gasteiger partial charge in [-0.2, -0.15) is 0 Å². The Morgan fingerprint density at radius 1 is 1.04 bits per heavy atom. The predicted molar refractivity (Wildman–Crippen MR) is 97.2 cm³/mol. The van der Waals surface area contributed by atoms with Crippen molar-refractivity contribution < 1.29 is 9.53 Å². The van der Waals surface area contributed by atoms with Crippen molar-refractivity contribution in [2.45, 2.75) is 26.3 Å². The molecule has 0 aromatic heterocycles. The average Bonchev–Trinajstić information content (AvgIpc) is 2.59. The fourth-order valence-corrected chi connectivity index (χ4v) is 2.52. The van der Waals surface area contributed by atoms with Crippen LogP contribution in [-0.2, 0) is 17.8 Å². The van der Waals surface area contributed by atoms with Crippen LogP contribution in [0.4, 0.5) is 0 Å². The largest absolute Gasteiger partial charge is 0.497 e. The maximum atomic E-state index is 11.8. The van der Waals surface area contributed by atoms with E-state index in [1.54, 1.807) is 7.11 Å². The average molecular weight is 326 g/mol. The summed E-state index contributed by atoms with van der Waals surface area (Å²) >= 11 is 0. The maximum absolute atomic E-state index is 11.8. The number of rotatable bonds is 9. The van der Waals surface area contributed by atoms with Gasteiger partial charge >= 0.3 is 0 Å². The lowest BCUT2D eigenvalue weighted by Gasteiger charge is -2.08. The molecule has 0 aliphatic rings. The van der Waals surface area contributed by atoms with Gasteiger partial charge in [-0.05, 0) is 36.6 Å². The van der Waals surface area contributed by atoms with Crippen LogP contribution < -0.4 is 15.4 Å². The molecule has 2 aromatic rings. The van der Waals surface area contributed by atoms with Crippen LogP contribution in [-0.4, -0.2) is 26.1 Å². The second-order valence-electron chi connectivity index (χ2n) is 5.87. The second kappa shape index (κ2) is 9.73. The Morgan fingerprint density at radius 2 is 1.83 bits per heavy atom. The fraction of sp³-hybridized carbons (Fsp3) is 0.350. The molecular weight excluding hydrogens is 300 g/mol. The number of methoxy groups -OCH3 is 1. The third kappa shape index (κ3) is 6.42. The minimum atomic E-state index is 0.0784. The summed E-state index contributed by atoms with van der Waals surface area (Å²) in [7, 11) is 1.66. The summed E-state index contributed by atoms with van der Waals surface area (Å²) in [6.07, 6.45) is 1.30. The number of ether oxygens (including phenoxy) is 1. The topological polar surface area (TPSA) is 50.4 Å². The summed E-state index contributed by atoms with van der Waals surface area (Å²) < 4.78 is 5.20. The highest BCUT2D eigenvalue weighted by atomic mass is 16.5. The molecule has 2 N–H and O–H groups in total. The lowest BCUT2D eigenvalue weighted by atomic mass is 10.1. The first-order valence-electron chi connectivity index (χ1n) is 8.33. The van der Waals surface area contributed by atoms with Crippen LogP contribution in [0.1, 0.15) is 23.1 Å². The molecule has 0 saturated heterocycles. The molecule has 0 aliphatic carbocycles. The van der Waals surface area contributed by atoms with E-state index >= 15 is 0 Å². The van der Waals surface area contributed by atoms with Gasteiger partial charge in [0.05, 0.1) is 7.11 Å². The van der Waals surface area contributed by atoms with Crippen molar-refractivity contribution in [1.29, 1.82) is 0 Å². The number of aryl methyl sites for hydroxylation is 1. The van der Waals surface area contributed by atoms with E-state index in [2.05, 4.69) is 41.8 Å². The Morgan fingerprint density at radius 3 is 2.62 bits per heavy atom. The molecule has 1 amide bonds. The lowest BCUT2D eigenvalue weighted by Crippen LogP contribution is -2.29. The Kier molecular flexibility index (Phi) is 7.30. The zero-order valence-corrected chi connectivity index (χ0v) is 14.5. The van der Waals surface area contributed by atoms with Gasteiger partial charge in [-0.25, -0.2) is 0 Å². The Labute approximate surface area is 144 Å². The van der Waals surface area contributed by atoms with Crippen molar-refractivity contribution >= 4 is 5.91 Å². The van der Waals surface area contributed by atoms with Gasteiger partial charge in [0.15, 0.2) is 0 Å². The third-order valence-corrected chi connectivity index (χ3v) is 3.81. The molecule has 0 saturated carbocycles.